The molecule has 0 spiro atoms. The molecule has 0 aliphatic carbocycles. The molecule has 0 bridgehead atoms. The average Bonchev–Trinajstić information content (AvgIpc) is 2.85. The summed E-state index contributed by atoms with van der Waals surface area (Å²) >= 11 is 0. The van der Waals surface area contributed by atoms with Crippen molar-refractivity contribution in [2.75, 3.05) is 0 Å². The number of aromatic nitrogens is 2. The van der Waals surface area contributed by atoms with E-state index in [0.29, 0.717) is 11.3 Å². The molecule has 2 aromatic heterocycles. The van der Waals surface area contributed by atoms with Gasteiger partial charge in [-0.05, 0) is 13.0 Å². The molecule has 0 saturated heterocycles. The van der Waals surface area contributed by atoms with Crippen LogP contribution in [0.15, 0.2) is 42.6 Å². The molecule has 0 aliphatic rings. The zero-order valence-corrected chi connectivity index (χ0v) is 11.1. The van der Waals surface area contributed by atoms with E-state index in [1.165, 1.54) is 22.7 Å². The maximum atomic E-state index is 10.8. The molecule has 3 aromatic rings. The lowest BCUT2D eigenvalue weighted by Gasteiger charge is -1.98. The Kier molecular flexibility index (Phi) is 2.88. The lowest BCUT2D eigenvalue weighted by Crippen LogP contribution is -1.93. The molecule has 0 unspecified atom stereocenters. The number of pyridine rings is 1. The third kappa shape index (κ3) is 2.11. The van der Waals surface area contributed by atoms with E-state index in [9.17, 15) is 15.4 Å². The minimum absolute atomic E-state index is 0.0770. The summed E-state index contributed by atoms with van der Waals surface area (Å²) in [5.74, 6) is 0. The van der Waals surface area contributed by atoms with Crippen LogP contribution in [0.1, 0.15) is 11.3 Å². The molecular weight excluding hydrogens is 268 g/mol. The molecule has 2 heterocycles. The molecule has 1 aromatic carbocycles. The third-order valence-electron chi connectivity index (χ3n) is 3.24. The van der Waals surface area contributed by atoms with Gasteiger partial charge in [0, 0.05) is 11.6 Å². The number of nitro groups is 1. The first-order valence-corrected chi connectivity index (χ1v) is 6.24. The Morgan fingerprint density at radius 3 is 2.57 bits per heavy atom. The van der Waals surface area contributed by atoms with Gasteiger partial charge in [0.1, 0.15) is 17.4 Å². The van der Waals surface area contributed by atoms with E-state index in [2.05, 4.69) is 11.1 Å². The fourth-order valence-corrected chi connectivity index (χ4v) is 2.16. The molecule has 102 valence electrons. The summed E-state index contributed by atoms with van der Waals surface area (Å²) in [6.45, 7) is 1.97. The molecule has 0 radical (unpaired) electrons. The standard InChI is InChI=1S/C15H10N4O2/c1-10-2-4-11(5-3-10)15-13(8-16)18-9-12(19(20)21)6-7-14(18)17-15/h2-7,9H,1H3. The van der Waals surface area contributed by atoms with Gasteiger partial charge in [0.15, 0.2) is 5.69 Å². The van der Waals surface area contributed by atoms with E-state index in [-0.39, 0.29) is 11.4 Å². The van der Waals surface area contributed by atoms with Crippen molar-refractivity contribution in [1.82, 2.24) is 9.38 Å². The van der Waals surface area contributed by atoms with Crippen LogP contribution in [-0.2, 0) is 0 Å². The summed E-state index contributed by atoms with van der Waals surface area (Å²) in [5.41, 5.74) is 3.16. The van der Waals surface area contributed by atoms with Gasteiger partial charge < -0.3 is 0 Å². The van der Waals surface area contributed by atoms with E-state index in [1.54, 1.807) is 0 Å². The minimum atomic E-state index is -0.494. The maximum Gasteiger partial charge on any atom is 0.286 e. The van der Waals surface area contributed by atoms with Gasteiger partial charge in [0.2, 0.25) is 0 Å². The molecule has 0 amide bonds. The predicted octanol–water partition coefficient (Wildman–Crippen LogP) is 3.09. The minimum Gasteiger partial charge on any atom is -0.284 e. The van der Waals surface area contributed by atoms with Crippen molar-refractivity contribution in [2.45, 2.75) is 6.92 Å². The van der Waals surface area contributed by atoms with Crippen LogP contribution in [0.2, 0.25) is 0 Å². The first-order chi connectivity index (χ1) is 10.1. The highest BCUT2D eigenvalue weighted by Crippen LogP contribution is 2.25. The number of benzene rings is 1. The Labute approximate surface area is 120 Å². The second kappa shape index (κ2) is 4.72. The molecule has 0 N–H and O–H groups in total. The molecule has 0 saturated carbocycles. The first-order valence-electron chi connectivity index (χ1n) is 6.24. The van der Waals surface area contributed by atoms with Gasteiger partial charge in [-0.2, -0.15) is 5.26 Å². The number of hydrogen-bond donors (Lipinski definition) is 0. The van der Waals surface area contributed by atoms with Gasteiger partial charge in [-0.1, -0.05) is 29.8 Å². The fourth-order valence-electron chi connectivity index (χ4n) is 2.16. The number of nitriles is 1. The second-order valence-corrected chi connectivity index (χ2v) is 4.66. The summed E-state index contributed by atoms with van der Waals surface area (Å²) in [6, 6.07) is 12.6. The van der Waals surface area contributed by atoms with Crippen molar-refractivity contribution >= 4 is 11.3 Å². The number of aryl methyl sites for hydroxylation is 1. The van der Waals surface area contributed by atoms with E-state index in [0.717, 1.165) is 11.1 Å². The highest BCUT2D eigenvalue weighted by atomic mass is 16.6. The third-order valence-corrected chi connectivity index (χ3v) is 3.24. The Morgan fingerprint density at radius 1 is 1.24 bits per heavy atom. The van der Waals surface area contributed by atoms with Crippen LogP contribution in [-0.4, -0.2) is 14.3 Å². The summed E-state index contributed by atoms with van der Waals surface area (Å²) in [5, 5.41) is 20.2. The quantitative estimate of drug-likeness (QED) is 0.532. The lowest BCUT2D eigenvalue weighted by molar-refractivity contribution is -0.385. The van der Waals surface area contributed by atoms with Crippen molar-refractivity contribution in [1.29, 1.82) is 5.26 Å². The molecule has 0 aliphatic heterocycles. The Morgan fingerprint density at radius 2 is 1.95 bits per heavy atom. The van der Waals surface area contributed by atoms with Gasteiger partial charge in [-0.3, -0.25) is 14.5 Å². The zero-order chi connectivity index (χ0) is 15.0. The Balaban J connectivity index is 2.27. The number of rotatable bonds is 2. The highest BCUT2D eigenvalue weighted by molar-refractivity contribution is 5.70. The van der Waals surface area contributed by atoms with Gasteiger partial charge in [0.05, 0.1) is 11.1 Å². The monoisotopic (exact) mass is 278 g/mol. The van der Waals surface area contributed by atoms with Crippen LogP contribution < -0.4 is 0 Å². The van der Waals surface area contributed by atoms with Crippen molar-refractivity contribution in [3.8, 4) is 17.3 Å². The van der Waals surface area contributed by atoms with Crippen molar-refractivity contribution in [3.05, 3.63) is 64.0 Å². The van der Waals surface area contributed by atoms with Crippen molar-refractivity contribution < 1.29 is 4.92 Å². The molecule has 3 rings (SSSR count). The second-order valence-electron chi connectivity index (χ2n) is 4.66. The SMILES string of the molecule is Cc1ccc(-c2nc3ccc([N+](=O)[O-])cn3c2C#N)cc1. The topological polar surface area (TPSA) is 84.2 Å². The lowest BCUT2D eigenvalue weighted by atomic mass is 10.1. The Hall–Kier alpha value is -3.20. The fraction of sp³-hybridized carbons (Fsp3) is 0.0667. The van der Waals surface area contributed by atoms with Crippen LogP contribution >= 0.6 is 0 Å². The number of fused-ring (bicyclic) bond motifs is 1. The number of imidazole rings is 1. The van der Waals surface area contributed by atoms with Crippen LogP contribution in [0.5, 0.6) is 0 Å². The van der Waals surface area contributed by atoms with Crippen molar-refractivity contribution in [2.24, 2.45) is 0 Å². The van der Waals surface area contributed by atoms with E-state index >= 15 is 0 Å². The highest BCUT2D eigenvalue weighted by Gasteiger charge is 2.16. The predicted molar refractivity (Wildman–Crippen MR) is 76.7 cm³/mol. The van der Waals surface area contributed by atoms with Gasteiger partial charge >= 0.3 is 0 Å². The molecular formula is C15H10N4O2. The van der Waals surface area contributed by atoms with Crippen LogP contribution in [0.4, 0.5) is 5.69 Å². The van der Waals surface area contributed by atoms with Crippen molar-refractivity contribution in [3.63, 3.8) is 0 Å². The first kappa shape index (κ1) is 12.8. The van der Waals surface area contributed by atoms with Crippen LogP contribution in [0.25, 0.3) is 16.9 Å². The molecule has 0 fully saturated rings. The summed E-state index contributed by atoms with van der Waals surface area (Å²) in [6.07, 6.45) is 1.32. The molecule has 0 atom stereocenters. The molecule has 6 heteroatoms. The maximum absolute atomic E-state index is 10.8. The van der Waals surface area contributed by atoms with Crippen LogP contribution in [0.3, 0.4) is 0 Å². The van der Waals surface area contributed by atoms with Gasteiger partial charge in [-0.25, -0.2) is 4.98 Å². The largest absolute Gasteiger partial charge is 0.286 e. The van der Waals surface area contributed by atoms with Crippen LogP contribution in [0, 0.1) is 28.4 Å². The zero-order valence-electron chi connectivity index (χ0n) is 11.1. The summed E-state index contributed by atoms with van der Waals surface area (Å²) in [4.78, 5) is 14.8. The molecule has 21 heavy (non-hydrogen) atoms. The van der Waals surface area contributed by atoms with Gasteiger partial charge in [-0.15, -0.1) is 0 Å². The average molecular weight is 278 g/mol. The van der Waals surface area contributed by atoms with E-state index < -0.39 is 4.92 Å². The van der Waals surface area contributed by atoms with Gasteiger partial charge in [0.25, 0.3) is 5.69 Å². The summed E-state index contributed by atoms with van der Waals surface area (Å²) in [7, 11) is 0. The molecule has 6 nitrogen and oxygen atoms in total. The Bertz CT molecular complexity index is 888. The summed E-state index contributed by atoms with van der Waals surface area (Å²) < 4.78 is 1.45. The normalized spacial score (nSPS) is 10.5. The van der Waals surface area contributed by atoms with E-state index in [4.69, 9.17) is 0 Å². The number of nitrogens with zero attached hydrogens (tertiary/aromatic N) is 4. The van der Waals surface area contributed by atoms with E-state index in [1.807, 2.05) is 31.2 Å². The number of hydrogen-bond acceptors (Lipinski definition) is 4. The smallest absolute Gasteiger partial charge is 0.284 e.